The zero-order chi connectivity index (χ0) is 9.26. The van der Waals surface area contributed by atoms with Gasteiger partial charge >= 0.3 is 0 Å². The first-order chi connectivity index (χ1) is 6.29. The Labute approximate surface area is 80.6 Å². The zero-order valence-corrected chi connectivity index (χ0v) is 8.25. The summed E-state index contributed by atoms with van der Waals surface area (Å²) in [5.74, 6) is 2.54. The number of hydrogen-bond acceptors (Lipinski definition) is 4. The SMILES string of the molecule is Cn1ccnc(N2CCSC2)c1=O. The molecule has 5 heteroatoms. The van der Waals surface area contributed by atoms with Crippen molar-refractivity contribution in [2.24, 2.45) is 7.05 Å². The Balaban J connectivity index is 2.39. The van der Waals surface area contributed by atoms with Crippen LogP contribution in [0.4, 0.5) is 5.82 Å². The Morgan fingerprint density at radius 2 is 2.46 bits per heavy atom. The van der Waals surface area contributed by atoms with E-state index in [1.807, 2.05) is 16.7 Å². The number of hydrogen-bond donors (Lipinski definition) is 0. The average Bonchev–Trinajstić information content (AvgIpc) is 2.62. The summed E-state index contributed by atoms with van der Waals surface area (Å²) in [7, 11) is 1.75. The van der Waals surface area contributed by atoms with Crippen LogP contribution >= 0.6 is 11.8 Å². The molecular weight excluding hydrogens is 186 g/mol. The fourth-order valence-corrected chi connectivity index (χ4v) is 2.23. The van der Waals surface area contributed by atoms with Gasteiger partial charge in [-0.2, -0.15) is 0 Å². The minimum Gasteiger partial charge on any atom is -0.342 e. The predicted octanol–water partition coefficient (Wildman–Crippen LogP) is 0.291. The van der Waals surface area contributed by atoms with Crippen LogP contribution in [-0.2, 0) is 7.05 Å². The van der Waals surface area contributed by atoms with E-state index in [0.717, 1.165) is 18.2 Å². The van der Waals surface area contributed by atoms with Crippen LogP contribution in [0.15, 0.2) is 17.2 Å². The fourth-order valence-electron chi connectivity index (χ4n) is 1.28. The molecule has 0 atom stereocenters. The lowest BCUT2D eigenvalue weighted by Crippen LogP contribution is -2.30. The maximum atomic E-state index is 11.6. The second-order valence-electron chi connectivity index (χ2n) is 2.97. The lowest BCUT2D eigenvalue weighted by Gasteiger charge is -2.14. The summed E-state index contributed by atoms with van der Waals surface area (Å²) in [5, 5.41) is 0. The van der Waals surface area contributed by atoms with Crippen LogP contribution < -0.4 is 10.5 Å². The van der Waals surface area contributed by atoms with Crippen LogP contribution in [-0.4, -0.2) is 27.7 Å². The lowest BCUT2D eigenvalue weighted by atomic mass is 10.5. The molecular formula is C8H11N3OS. The van der Waals surface area contributed by atoms with Crippen LogP contribution in [0, 0.1) is 0 Å². The number of rotatable bonds is 1. The van der Waals surface area contributed by atoms with Crippen LogP contribution in [0.2, 0.25) is 0 Å². The second-order valence-corrected chi connectivity index (χ2v) is 4.04. The summed E-state index contributed by atoms with van der Waals surface area (Å²) in [4.78, 5) is 17.7. The van der Waals surface area contributed by atoms with Crippen molar-refractivity contribution in [3.63, 3.8) is 0 Å². The Bertz CT molecular complexity index is 357. The molecule has 0 aromatic carbocycles. The van der Waals surface area contributed by atoms with E-state index in [0.29, 0.717) is 5.82 Å². The van der Waals surface area contributed by atoms with E-state index in [4.69, 9.17) is 0 Å². The third kappa shape index (κ3) is 1.56. The van der Waals surface area contributed by atoms with E-state index in [2.05, 4.69) is 4.98 Å². The van der Waals surface area contributed by atoms with Crippen LogP contribution in [0.25, 0.3) is 0 Å². The number of nitrogens with zero attached hydrogens (tertiary/aromatic N) is 3. The molecule has 0 unspecified atom stereocenters. The molecule has 0 aliphatic carbocycles. The third-order valence-electron chi connectivity index (χ3n) is 2.05. The zero-order valence-electron chi connectivity index (χ0n) is 7.43. The van der Waals surface area contributed by atoms with Gasteiger partial charge in [-0.1, -0.05) is 0 Å². The van der Waals surface area contributed by atoms with Crippen molar-refractivity contribution < 1.29 is 0 Å². The molecule has 1 aliphatic heterocycles. The molecule has 13 heavy (non-hydrogen) atoms. The summed E-state index contributed by atoms with van der Waals surface area (Å²) in [6, 6.07) is 0. The maximum Gasteiger partial charge on any atom is 0.293 e. The minimum atomic E-state index is -0.00926. The van der Waals surface area contributed by atoms with E-state index < -0.39 is 0 Å². The van der Waals surface area contributed by atoms with Gasteiger partial charge in [-0.25, -0.2) is 4.98 Å². The molecule has 1 saturated heterocycles. The van der Waals surface area contributed by atoms with E-state index in [1.54, 1.807) is 24.0 Å². The molecule has 2 rings (SSSR count). The van der Waals surface area contributed by atoms with Crippen LogP contribution in [0.1, 0.15) is 0 Å². The Kier molecular flexibility index (Phi) is 2.26. The van der Waals surface area contributed by atoms with Gasteiger partial charge < -0.3 is 9.47 Å². The van der Waals surface area contributed by atoms with Gasteiger partial charge in [0, 0.05) is 31.7 Å². The van der Waals surface area contributed by atoms with E-state index in [9.17, 15) is 4.79 Å². The van der Waals surface area contributed by atoms with Crippen molar-refractivity contribution in [2.75, 3.05) is 23.1 Å². The van der Waals surface area contributed by atoms with Gasteiger partial charge in [0.25, 0.3) is 5.56 Å². The fraction of sp³-hybridized carbons (Fsp3) is 0.500. The predicted molar refractivity (Wildman–Crippen MR) is 54.1 cm³/mol. The van der Waals surface area contributed by atoms with Gasteiger partial charge in [-0.05, 0) is 0 Å². The number of aromatic nitrogens is 2. The normalized spacial score (nSPS) is 16.5. The van der Waals surface area contributed by atoms with Crippen molar-refractivity contribution in [1.29, 1.82) is 0 Å². The van der Waals surface area contributed by atoms with Crippen LogP contribution in [0.3, 0.4) is 0 Å². The molecule has 1 aromatic heterocycles. The van der Waals surface area contributed by atoms with E-state index in [-0.39, 0.29) is 5.56 Å². The van der Waals surface area contributed by atoms with Crippen molar-refractivity contribution >= 4 is 17.6 Å². The van der Waals surface area contributed by atoms with E-state index >= 15 is 0 Å². The molecule has 0 N–H and O–H groups in total. The largest absolute Gasteiger partial charge is 0.342 e. The highest BCUT2D eigenvalue weighted by Gasteiger charge is 2.16. The smallest absolute Gasteiger partial charge is 0.293 e. The first kappa shape index (κ1) is 8.62. The molecule has 1 fully saturated rings. The molecule has 1 aliphatic rings. The molecule has 4 nitrogen and oxygen atoms in total. The monoisotopic (exact) mass is 197 g/mol. The molecule has 1 aromatic rings. The first-order valence-electron chi connectivity index (χ1n) is 4.13. The summed E-state index contributed by atoms with van der Waals surface area (Å²) >= 11 is 1.83. The molecule has 2 heterocycles. The number of anilines is 1. The molecule has 0 spiro atoms. The summed E-state index contributed by atoms with van der Waals surface area (Å²) in [5.41, 5.74) is -0.00926. The van der Waals surface area contributed by atoms with Crippen LogP contribution in [0.5, 0.6) is 0 Å². The van der Waals surface area contributed by atoms with Crippen molar-refractivity contribution in [1.82, 2.24) is 9.55 Å². The number of aryl methyl sites for hydroxylation is 1. The first-order valence-corrected chi connectivity index (χ1v) is 5.29. The Morgan fingerprint density at radius 1 is 1.62 bits per heavy atom. The highest BCUT2D eigenvalue weighted by atomic mass is 32.2. The van der Waals surface area contributed by atoms with E-state index in [1.165, 1.54) is 0 Å². The van der Waals surface area contributed by atoms with Crippen molar-refractivity contribution in [3.05, 3.63) is 22.7 Å². The second kappa shape index (κ2) is 3.41. The maximum absolute atomic E-state index is 11.6. The highest BCUT2D eigenvalue weighted by Crippen LogP contribution is 2.16. The minimum absolute atomic E-state index is 0.00926. The summed E-state index contributed by atoms with van der Waals surface area (Å²) in [6.07, 6.45) is 3.34. The molecule has 0 saturated carbocycles. The molecule has 0 bridgehead atoms. The topological polar surface area (TPSA) is 38.1 Å². The van der Waals surface area contributed by atoms with Gasteiger partial charge in [0.2, 0.25) is 0 Å². The van der Waals surface area contributed by atoms with Crippen molar-refractivity contribution in [2.45, 2.75) is 0 Å². The lowest BCUT2D eigenvalue weighted by molar-refractivity contribution is 0.816. The standard InChI is InChI=1S/C8H11N3OS/c1-10-3-2-9-7(8(10)12)11-4-5-13-6-11/h2-3H,4-6H2,1H3. The molecule has 0 amide bonds. The van der Waals surface area contributed by atoms with Gasteiger partial charge in [-0.15, -0.1) is 11.8 Å². The summed E-state index contributed by atoms with van der Waals surface area (Å²) in [6.45, 7) is 0.928. The van der Waals surface area contributed by atoms with Gasteiger partial charge in [-0.3, -0.25) is 4.79 Å². The van der Waals surface area contributed by atoms with Gasteiger partial charge in [0.05, 0.1) is 5.88 Å². The average molecular weight is 197 g/mol. The Hall–Kier alpha value is -0.970. The van der Waals surface area contributed by atoms with Crippen molar-refractivity contribution in [3.8, 4) is 0 Å². The van der Waals surface area contributed by atoms with Gasteiger partial charge in [0.15, 0.2) is 5.82 Å². The molecule has 70 valence electrons. The Morgan fingerprint density at radius 3 is 3.15 bits per heavy atom. The quantitative estimate of drug-likeness (QED) is 0.648. The summed E-state index contributed by atoms with van der Waals surface area (Å²) < 4.78 is 1.56. The molecule has 0 radical (unpaired) electrons. The van der Waals surface area contributed by atoms with Gasteiger partial charge in [0.1, 0.15) is 0 Å². The highest BCUT2D eigenvalue weighted by molar-refractivity contribution is 7.99. The number of thioether (sulfide) groups is 1. The third-order valence-corrected chi connectivity index (χ3v) is 3.02.